The number of hydrogen-bond acceptors (Lipinski definition) is 2. The predicted octanol–water partition coefficient (Wildman–Crippen LogP) is 5.29. The first-order chi connectivity index (χ1) is 11.9. The quantitative estimate of drug-likeness (QED) is 0.738. The number of methoxy groups -OCH3 is 1. The number of nitrogens with one attached hydrogen (secondary N) is 1. The van der Waals surface area contributed by atoms with Crippen molar-refractivity contribution >= 4 is 11.6 Å². The van der Waals surface area contributed by atoms with Gasteiger partial charge in [-0.25, -0.2) is 0 Å². The number of carbonyl (C=O) groups excluding carboxylic acids is 1. The van der Waals surface area contributed by atoms with Gasteiger partial charge < -0.3 is 10.1 Å². The number of aryl methyl sites for hydroxylation is 1. The summed E-state index contributed by atoms with van der Waals surface area (Å²) < 4.78 is 82.3. The van der Waals surface area contributed by atoms with E-state index in [1.807, 2.05) is 0 Å². The molecule has 2 aromatic carbocycles. The Morgan fingerprint density at radius 3 is 2.00 bits per heavy atom. The number of alkyl halides is 6. The van der Waals surface area contributed by atoms with Gasteiger partial charge in [-0.05, 0) is 48.9 Å². The van der Waals surface area contributed by atoms with Crippen molar-refractivity contribution in [2.45, 2.75) is 19.3 Å². The highest BCUT2D eigenvalue weighted by molar-refractivity contribution is 6.06. The first kappa shape index (κ1) is 19.6. The lowest BCUT2D eigenvalue weighted by Crippen LogP contribution is -2.20. The van der Waals surface area contributed by atoms with Crippen molar-refractivity contribution in [3.05, 3.63) is 58.7 Å². The SMILES string of the molecule is COc1cc(C)cc(C(=O)Nc2ccc(C(F)(F)F)cc2)c1C(F)(F)F. The summed E-state index contributed by atoms with van der Waals surface area (Å²) in [5.41, 5.74) is -2.60. The molecule has 2 aromatic rings. The largest absolute Gasteiger partial charge is 0.496 e. The van der Waals surface area contributed by atoms with Crippen LogP contribution in [0.5, 0.6) is 5.75 Å². The maximum absolute atomic E-state index is 13.3. The molecule has 1 N–H and O–H groups in total. The zero-order chi connectivity index (χ0) is 19.7. The molecule has 2 rings (SSSR count). The highest BCUT2D eigenvalue weighted by Crippen LogP contribution is 2.40. The molecule has 26 heavy (non-hydrogen) atoms. The van der Waals surface area contributed by atoms with Crippen LogP contribution in [0.2, 0.25) is 0 Å². The summed E-state index contributed by atoms with van der Waals surface area (Å²) in [4.78, 5) is 12.3. The third-order valence-electron chi connectivity index (χ3n) is 3.46. The fourth-order valence-electron chi connectivity index (χ4n) is 2.33. The molecule has 0 radical (unpaired) electrons. The molecule has 0 saturated carbocycles. The number of halogens is 6. The predicted molar refractivity (Wildman–Crippen MR) is 82.1 cm³/mol. The molecule has 0 aliphatic heterocycles. The topological polar surface area (TPSA) is 38.3 Å². The van der Waals surface area contributed by atoms with Crippen molar-refractivity contribution < 1.29 is 35.9 Å². The Balaban J connectivity index is 2.39. The normalized spacial score (nSPS) is 12.0. The Morgan fingerprint density at radius 1 is 0.962 bits per heavy atom. The summed E-state index contributed by atoms with van der Waals surface area (Å²) in [6, 6.07) is 5.53. The van der Waals surface area contributed by atoms with Crippen molar-refractivity contribution in [3.63, 3.8) is 0 Å². The third kappa shape index (κ3) is 4.27. The summed E-state index contributed by atoms with van der Waals surface area (Å²) in [6.07, 6.45) is -9.41. The Bertz CT molecular complexity index is 810. The zero-order valence-corrected chi connectivity index (χ0v) is 13.5. The van der Waals surface area contributed by atoms with E-state index in [-0.39, 0.29) is 5.69 Å². The van der Waals surface area contributed by atoms with E-state index in [0.717, 1.165) is 43.5 Å². The number of hydrogen-bond donors (Lipinski definition) is 1. The van der Waals surface area contributed by atoms with Crippen LogP contribution in [0.25, 0.3) is 0 Å². The molecule has 3 nitrogen and oxygen atoms in total. The standard InChI is InChI=1S/C17H13F6NO2/c1-9-7-12(14(17(21,22)23)13(8-9)26-2)15(25)24-11-5-3-10(4-6-11)16(18,19)20/h3-8H,1-2H3,(H,24,25). The number of carbonyl (C=O) groups is 1. The number of rotatable bonds is 3. The molecule has 0 fully saturated rings. The van der Waals surface area contributed by atoms with Crippen LogP contribution in [0.15, 0.2) is 36.4 Å². The minimum atomic E-state index is -4.86. The van der Waals surface area contributed by atoms with E-state index >= 15 is 0 Å². The first-order valence-corrected chi connectivity index (χ1v) is 7.18. The maximum Gasteiger partial charge on any atom is 0.420 e. The maximum atomic E-state index is 13.3. The molecule has 0 aromatic heterocycles. The van der Waals surface area contributed by atoms with Crippen LogP contribution in [0.3, 0.4) is 0 Å². The van der Waals surface area contributed by atoms with Gasteiger partial charge in [0.25, 0.3) is 5.91 Å². The molecule has 0 atom stereocenters. The summed E-state index contributed by atoms with van der Waals surface area (Å²) in [7, 11) is 1.04. The number of anilines is 1. The third-order valence-corrected chi connectivity index (χ3v) is 3.46. The van der Waals surface area contributed by atoms with Crippen LogP contribution < -0.4 is 10.1 Å². The monoisotopic (exact) mass is 377 g/mol. The second-order valence-corrected chi connectivity index (χ2v) is 5.42. The number of ether oxygens (including phenoxy) is 1. The highest BCUT2D eigenvalue weighted by atomic mass is 19.4. The van der Waals surface area contributed by atoms with Crippen molar-refractivity contribution in [1.29, 1.82) is 0 Å². The van der Waals surface area contributed by atoms with Crippen LogP contribution in [0, 0.1) is 6.92 Å². The minimum Gasteiger partial charge on any atom is -0.496 e. The van der Waals surface area contributed by atoms with Gasteiger partial charge in [-0.2, -0.15) is 26.3 Å². The van der Waals surface area contributed by atoms with Crippen LogP contribution in [0.1, 0.15) is 27.0 Å². The average Bonchev–Trinajstić information content (AvgIpc) is 2.52. The molecule has 140 valence electrons. The Hall–Kier alpha value is -2.71. The lowest BCUT2D eigenvalue weighted by Gasteiger charge is -2.17. The van der Waals surface area contributed by atoms with Gasteiger partial charge in [0.15, 0.2) is 0 Å². The van der Waals surface area contributed by atoms with E-state index in [4.69, 9.17) is 4.74 Å². The lowest BCUT2D eigenvalue weighted by atomic mass is 10.0. The van der Waals surface area contributed by atoms with E-state index in [1.54, 1.807) is 0 Å². The van der Waals surface area contributed by atoms with Gasteiger partial charge in [-0.15, -0.1) is 0 Å². The van der Waals surface area contributed by atoms with Crippen LogP contribution in [0.4, 0.5) is 32.0 Å². The molecular formula is C17H13F6NO2. The summed E-state index contributed by atoms with van der Waals surface area (Å²) in [6.45, 7) is 1.48. The summed E-state index contributed by atoms with van der Waals surface area (Å²) in [5.74, 6) is -1.63. The highest BCUT2D eigenvalue weighted by Gasteiger charge is 2.39. The van der Waals surface area contributed by atoms with Crippen LogP contribution in [-0.4, -0.2) is 13.0 Å². The molecule has 0 aliphatic carbocycles. The van der Waals surface area contributed by atoms with Crippen LogP contribution >= 0.6 is 0 Å². The minimum absolute atomic E-state index is 0.0726. The van der Waals surface area contributed by atoms with Gasteiger partial charge in [0.2, 0.25) is 0 Å². The van der Waals surface area contributed by atoms with Crippen LogP contribution in [-0.2, 0) is 12.4 Å². The first-order valence-electron chi connectivity index (χ1n) is 7.18. The van der Waals surface area contributed by atoms with E-state index in [1.165, 1.54) is 6.92 Å². The van der Waals surface area contributed by atoms with Crippen molar-refractivity contribution in [1.82, 2.24) is 0 Å². The molecule has 1 amide bonds. The molecule has 0 bridgehead atoms. The molecule has 0 aliphatic rings. The Morgan fingerprint density at radius 2 is 1.54 bits per heavy atom. The lowest BCUT2D eigenvalue weighted by molar-refractivity contribution is -0.139. The molecule has 0 spiro atoms. The zero-order valence-electron chi connectivity index (χ0n) is 13.5. The number of amides is 1. The Labute approximate surface area is 144 Å². The fourth-order valence-corrected chi connectivity index (χ4v) is 2.33. The Kier molecular flexibility index (Phi) is 5.20. The fraction of sp³-hybridized carbons (Fsp3) is 0.235. The van der Waals surface area contributed by atoms with Crippen molar-refractivity contribution in [2.75, 3.05) is 12.4 Å². The second-order valence-electron chi connectivity index (χ2n) is 5.42. The van der Waals surface area contributed by atoms with E-state index in [0.29, 0.717) is 5.56 Å². The molecule has 0 unspecified atom stereocenters. The molecule has 0 saturated heterocycles. The van der Waals surface area contributed by atoms with E-state index in [9.17, 15) is 31.1 Å². The summed E-state index contributed by atoms with van der Waals surface area (Å²) in [5, 5.41) is 2.17. The number of benzene rings is 2. The molecule has 0 heterocycles. The van der Waals surface area contributed by atoms with E-state index in [2.05, 4.69) is 5.32 Å². The van der Waals surface area contributed by atoms with Crippen molar-refractivity contribution in [2.24, 2.45) is 0 Å². The van der Waals surface area contributed by atoms with Gasteiger partial charge in [-0.3, -0.25) is 4.79 Å². The average molecular weight is 377 g/mol. The molecular weight excluding hydrogens is 364 g/mol. The van der Waals surface area contributed by atoms with E-state index < -0.39 is 40.7 Å². The van der Waals surface area contributed by atoms with Gasteiger partial charge >= 0.3 is 12.4 Å². The van der Waals surface area contributed by atoms with Gasteiger partial charge in [-0.1, -0.05) is 0 Å². The van der Waals surface area contributed by atoms with Gasteiger partial charge in [0, 0.05) is 5.69 Å². The van der Waals surface area contributed by atoms with Gasteiger partial charge in [0.1, 0.15) is 11.3 Å². The smallest absolute Gasteiger partial charge is 0.420 e. The van der Waals surface area contributed by atoms with Crippen molar-refractivity contribution in [3.8, 4) is 5.75 Å². The molecule has 9 heteroatoms. The second kappa shape index (κ2) is 6.89. The van der Waals surface area contributed by atoms with Gasteiger partial charge in [0.05, 0.1) is 18.2 Å². The summed E-state index contributed by atoms with van der Waals surface area (Å²) >= 11 is 0.